The molecule has 94 valence electrons. The lowest BCUT2D eigenvalue weighted by Crippen LogP contribution is -2.50. The molecule has 1 fully saturated rings. The minimum absolute atomic E-state index is 0.148. The van der Waals surface area contributed by atoms with Crippen LogP contribution in [0.5, 0.6) is 0 Å². The van der Waals surface area contributed by atoms with Gasteiger partial charge in [-0.3, -0.25) is 4.79 Å². The van der Waals surface area contributed by atoms with Crippen LogP contribution in [-0.4, -0.2) is 32.1 Å². The summed E-state index contributed by atoms with van der Waals surface area (Å²) in [5, 5.41) is 5.97. The quantitative estimate of drug-likeness (QED) is 0.680. The van der Waals surface area contributed by atoms with E-state index in [1.165, 1.54) is 0 Å². The molecule has 1 aliphatic heterocycles. The van der Waals surface area contributed by atoms with Crippen LogP contribution in [0.15, 0.2) is 22.8 Å². The van der Waals surface area contributed by atoms with E-state index in [2.05, 4.69) is 10.6 Å². The molecule has 17 heavy (non-hydrogen) atoms. The fraction of sp³-hybridized carbons (Fsp3) is 0.583. The van der Waals surface area contributed by atoms with E-state index >= 15 is 0 Å². The number of rotatable bonds is 7. The molecule has 1 aromatic rings. The fourth-order valence-corrected chi connectivity index (χ4v) is 1.57. The standard InChI is InChI=1S/C12H18N2O3/c15-12(10-7-13-8-10)14-4-2-5-16-9-11-3-1-6-17-11/h1,3,6,10,13H,2,4-5,7-9H2,(H,14,15). The summed E-state index contributed by atoms with van der Waals surface area (Å²) in [7, 11) is 0. The van der Waals surface area contributed by atoms with Crippen LogP contribution < -0.4 is 10.6 Å². The molecule has 1 aromatic heterocycles. The molecule has 2 heterocycles. The Morgan fingerprint density at radius 2 is 2.47 bits per heavy atom. The van der Waals surface area contributed by atoms with Crippen LogP contribution in [0.1, 0.15) is 12.2 Å². The average molecular weight is 238 g/mol. The smallest absolute Gasteiger partial charge is 0.225 e. The van der Waals surface area contributed by atoms with E-state index in [0.29, 0.717) is 19.8 Å². The van der Waals surface area contributed by atoms with Crippen molar-refractivity contribution in [3.05, 3.63) is 24.2 Å². The highest BCUT2D eigenvalue weighted by Crippen LogP contribution is 2.03. The Kier molecular flexibility index (Phi) is 4.58. The van der Waals surface area contributed by atoms with Crippen molar-refractivity contribution < 1.29 is 13.9 Å². The van der Waals surface area contributed by atoms with Gasteiger partial charge in [0.1, 0.15) is 12.4 Å². The van der Waals surface area contributed by atoms with Crippen LogP contribution in [0.2, 0.25) is 0 Å². The summed E-state index contributed by atoms with van der Waals surface area (Å²) < 4.78 is 10.5. The number of hydrogen-bond acceptors (Lipinski definition) is 4. The molecule has 0 radical (unpaired) electrons. The van der Waals surface area contributed by atoms with E-state index in [-0.39, 0.29) is 11.8 Å². The summed E-state index contributed by atoms with van der Waals surface area (Å²) in [6.07, 6.45) is 2.46. The average Bonchev–Trinajstić information content (AvgIpc) is 2.73. The predicted octanol–water partition coefficient (Wildman–Crippen LogP) is 0.522. The second kappa shape index (κ2) is 6.42. The summed E-state index contributed by atoms with van der Waals surface area (Å²) in [6.45, 7) is 3.41. The number of carbonyl (C=O) groups is 1. The predicted molar refractivity (Wildman–Crippen MR) is 62.4 cm³/mol. The van der Waals surface area contributed by atoms with Gasteiger partial charge < -0.3 is 19.8 Å². The molecule has 1 saturated heterocycles. The van der Waals surface area contributed by atoms with Gasteiger partial charge in [0.25, 0.3) is 0 Å². The molecule has 5 heteroatoms. The highest BCUT2D eigenvalue weighted by Gasteiger charge is 2.23. The molecule has 2 N–H and O–H groups in total. The number of furan rings is 1. The SMILES string of the molecule is O=C(NCCCOCc1ccco1)C1CNC1. The van der Waals surface area contributed by atoms with Crippen molar-refractivity contribution >= 4 is 5.91 Å². The third-order valence-electron chi connectivity index (χ3n) is 2.74. The zero-order chi connectivity index (χ0) is 11.9. The minimum Gasteiger partial charge on any atom is -0.467 e. The van der Waals surface area contributed by atoms with Crippen LogP contribution in [0.4, 0.5) is 0 Å². The van der Waals surface area contributed by atoms with E-state index in [1.807, 2.05) is 12.1 Å². The Hall–Kier alpha value is -1.33. The molecular formula is C12H18N2O3. The molecule has 0 spiro atoms. The molecule has 0 bridgehead atoms. The van der Waals surface area contributed by atoms with E-state index in [0.717, 1.165) is 25.3 Å². The molecule has 1 aliphatic rings. The number of nitrogens with one attached hydrogen (secondary N) is 2. The zero-order valence-electron chi connectivity index (χ0n) is 9.78. The van der Waals surface area contributed by atoms with Gasteiger partial charge in [-0.25, -0.2) is 0 Å². The van der Waals surface area contributed by atoms with Crippen LogP contribution >= 0.6 is 0 Å². The first-order valence-corrected chi connectivity index (χ1v) is 5.95. The van der Waals surface area contributed by atoms with Gasteiger partial charge in [-0.2, -0.15) is 0 Å². The molecule has 2 rings (SSSR count). The van der Waals surface area contributed by atoms with Crippen molar-refractivity contribution in [1.82, 2.24) is 10.6 Å². The Balaban J connectivity index is 1.45. The Labute approximate surface area is 101 Å². The topological polar surface area (TPSA) is 63.5 Å². The zero-order valence-corrected chi connectivity index (χ0v) is 9.78. The van der Waals surface area contributed by atoms with Gasteiger partial charge in [-0.05, 0) is 18.6 Å². The second-order valence-corrected chi connectivity index (χ2v) is 4.13. The van der Waals surface area contributed by atoms with E-state index in [9.17, 15) is 4.79 Å². The third kappa shape index (κ3) is 3.87. The number of hydrogen-bond donors (Lipinski definition) is 2. The van der Waals surface area contributed by atoms with E-state index in [4.69, 9.17) is 9.15 Å². The van der Waals surface area contributed by atoms with Crippen molar-refractivity contribution in [2.24, 2.45) is 5.92 Å². The van der Waals surface area contributed by atoms with Gasteiger partial charge in [-0.15, -0.1) is 0 Å². The maximum atomic E-state index is 11.4. The molecule has 0 aliphatic carbocycles. The number of ether oxygens (including phenoxy) is 1. The van der Waals surface area contributed by atoms with Crippen molar-refractivity contribution in [2.45, 2.75) is 13.0 Å². The van der Waals surface area contributed by atoms with Gasteiger partial charge in [0.05, 0.1) is 12.2 Å². The monoisotopic (exact) mass is 238 g/mol. The highest BCUT2D eigenvalue weighted by molar-refractivity contribution is 5.79. The molecule has 0 atom stereocenters. The lowest BCUT2D eigenvalue weighted by atomic mass is 10.0. The Morgan fingerprint density at radius 3 is 3.12 bits per heavy atom. The molecule has 5 nitrogen and oxygen atoms in total. The maximum Gasteiger partial charge on any atom is 0.225 e. The minimum atomic E-state index is 0.148. The second-order valence-electron chi connectivity index (χ2n) is 4.13. The van der Waals surface area contributed by atoms with Crippen molar-refractivity contribution in [3.63, 3.8) is 0 Å². The summed E-state index contributed by atoms with van der Waals surface area (Å²) in [5.74, 6) is 1.14. The first-order valence-electron chi connectivity index (χ1n) is 5.95. The van der Waals surface area contributed by atoms with Gasteiger partial charge in [0.15, 0.2) is 0 Å². The van der Waals surface area contributed by atoms with Crippen molar-refractivity contribution in [1.29, 1.82) is 0 Å². The lowest BCUT2D eigenvalue weighted by molar-refractivity contribution is -0.126. The van der Waals surface area contributed by atoms with Gasteiger partial charge >= 0.3 is 0 Å². The number of amides is 1. The highest BCUT2D eigenvalue weighted by atomic mass is 16.5. The van der Waals surface area contributed by atoms with Crippen LogP contribution in [0.25, 0.3) is 0 Å². The van der Waals surface area contributed by atoms with E-state index < -0.39 is 0 Å². The molecule has 1 amide bonds. The van der Waals surface area contributed by atoms with Crippen LogP contribution in [-0.2, 0) is 16.1 Å². The summed E-state index contributed by atoms with van der Waals surface area (Å²) in [5.41, 5.74) is 0. The van der Waals surface area contributed by atoms with E-state index in [1.54, 1.807) is 6.26 Å². The van der Waals surface area contributed by atoms with Crippen LogP contribution in [0, 0.1) is 5.92 Å². The molecule has 0 aromatic carbocycles. The normalized spacial score (nSPS) is 15.5. The summed E-state index contributed by atoms with van der Waals surface area (Å²) in [4.78, 5) is 11.4. The van der Waals surface area contributed by atoms with Crippen molar-refractivity contribution in [3.8, 4) is 0 Å². The third-order valence-corrected chi connectivity index (χ3v) is 2.74. The first kappa shape index (κ1) is 12.1. The van der Waals surface area contributed by atoms with Gasteiger partial charge in [0, 0.05) is 26.2 Å². The van der Waals surface area contributed by atoms with Gasteiger partial charge in [-0.1, -0.05) is 0 Å². The lowest BCUT2D eigenvalue weighted by Gasteiger charge is -2.25. The molecular weight excluding hydrogens is 220 g/mol. The fourth-order valence-electron chi connectivity index (χ4n) is 1.57. The van der Waals surface area contributed by atoms with Crippen LogP contribution in [0.3, 0.4) is 0 Å². The maximum absolute atomic E-state index is 11.4. The largest absolute Gasteiger partial charge is 0.467 e. The first-order chi connectivity index (χ1) is 8.36. The molecule has 0 saturated carbocycles. The Morgan fingerprint density at radius 1 is 1.59 bits per heavy atom. The Bertz CT molecular complexity index is 334. The summed E-state index contributed by atoms with van der Waals surface area (Å²) >= 11 is 0. The number of carbonyl (C=O) groups excluding carboxylic acids is 1. The molecule has 0 unspecified atom stereocenters. The van der Waals surface area contributed by atoms with Gasteiger partial charge in [0.2, 0.25) is 5.91 Å². The summed E-state index contributed by atoms with van der Waals surface area (Å²) in [6, 6.07) is 3.72. The van der Waals surface area contributed by atoms with Crippen molar-refractivity contribution in [2.75, 3.05) is 26.2 Å².